The fourth-order valence-corrected chi connectivity index (χ4v) is 3.98. The third kappa shape index (κ3) is 5.43. The summed E-state index contributed by atoms with van der Waals surface area (Å²) in [5, 5.41) is 3.85. The van der Waals surface area contributed by atoms with E-state index in [0.717, 1.165) is 18.7 Å². The van der Waals surface area contributed by atoms with Gasteiger partial charge in [0.05, 0.1) is 16.1 Å². The van der Waals surface area contributed by atoms with Gasteiger partial charge in [0, 0.05) is 43.4 Å². The number of anilines is 1. The van der Waals surface area contributed by atoms with Crippen molar-refractivity contribution in [1.82, 2.24) is 15.2 Å². The number of carbonyl (C=O) groups excluding carboxylic acids is 2. The van der Waals surface area contributed by atoms with E-state index in [1.807, 2.05) is 13.0 Å². The maximum absolute atomic E-state index is 12.7. The summed E-state index contributed by atoms with van der Waals surface area (Å²) in [6, 6.07) is 8.70. The van der Waals surface area contributed by atoms with E-state index in [9.17, 15) is 9.59 Å². The van der Waals surface area contributed by atoms with Crippen molar-refractivity contribution in [3.63, 3.8) is 0 Å². The Kier molecular flexibility index (Phi) is 7.56. The molecule has 1 aliphatic rings. The highest BCUT2D eigenvalue weighted by atomic mass is 35.5. The molecule has 160 valence electrons. The van der Waals surface area contributed by atoms with Crippen LogP contribution in [-0.2, 0) is 0 Å². The standard InChI is InChI=1S/C22H26Cl2N4O2/c1-3-4-15(2)26-21(29)16-5-8-20(25-14-16)27-9-11-28(12-10-27)22(30)18-7-6-17(23)13-19(18)24/h5-8,13-15H,3-4,9-12H2,1-2H3,(H,26,29). The van der Waals surface area contributed by atoms with Crippen molar-refractivity contribution in [2.75, 3.05) is 31.1 Å². The molecule has 2 heterocycles. The zero-order valence-corrected chi connectivity index (χ0v) is 18.7. The van der Waals surface area contributed by atoms with Crippen LogP contribution in [0.4, 0.5) is 5.82 Å². The first-order valence-electron chi connectivity index (χ1n) is 10.1. The van der Waals surface area contributed by atoms with Crippen molar-refractivity contribution >= 4 is 40.8 Å². The van der Waals surface area contributed by atoms with Gasteiger partial charge >= 0.3 is 0 Å². The molecule has 1 atom stereocenters. The Hall–Kier alpha value is -2.31. The molecule has 1 aromatic heterocycles. The number of nitrogens with one attached hydrogen (secondary N) is 1. The van der Waals surface area contributed by atoms with Gasteiger partial charge in [-0.3, -0.25) is 9.59 Å². The van der Waals surface area contributed by atoms with Crippen LogP contribution in [0.25, 0.3) is 0 Å². The van der Waals surface area contributed by atoms with Crippen LogP contribution in [0.1, 0.15) is 47.4 Å². The highest BCUT2D eigenvalue weighted by molar-refractivity contribution is 6.36. The number of hydrogen-bond acceptors (Lipinski definition) is 4. The molecule has 1 aromatic carbocycles. The van der Waals surface area contributed by atoms with E-state index in [-0.39, 0.29) is 17.9 Å². The van der Waals surface area contributed by atoms with Crippen LogP contribution in [0.2, 0.25) is 10.0 Å². The summed E-state index contributed by atoms with van der Waals surface area (Å²) in [4.78, 5) is 33.4. The Labute approximate surface area is 187 Å². The Morgan fingerprint density at radius 3 is 2.47 bits per heavy atom. The number of halogens is 2. The number of carbonyl (C=O) groups is 2. The van der Waals surface area contributed by atoms with Gasteiger partial charge in [0.1, 0.15) is 5.82 Å². The summed E-state index contributed by atoms with van der Waals surface area (Å²) in [6.07, 6.45) is 3.58. The summed E-state index contributed by atoms with van der Waals surface area (Å²) in [5.74, 6) is 0.590. The van der Waals surface area contributed by atoms with Crippen molar-refractivity contribution in [1.29, 1.82) is 0 Å². The third-order valence-electron chi connectivity index (χ3n) is 5.16. The monoisotopic (exact) mass is 448 g/mol. The molecule has 1 N–H and O–H groups in total. The van der Waals surface area contributed by atoms with Gasteiger partial charge in [-0.05, 0) is 43.7 Å². The maximum atomic E-state index is 12.7. The molecule has 8 heteroatoms. The normalized spacial score (nSPS) is 15.1. The number of hydrogen-bond donors (Lipinski definition) is 1. The molecule has 1 unspecified atom stereocenters. The summed E-state index contributed by atoms with van der Waals surface area (Å²) >= 11 is 12.1. The lowest BCUT2D eigenvalue weighted by molar-refractivity contribution is 0.0746. The van der Waals surface area contributed by atoms with Gasteiger partial charge in [-0.2, -0.15) is 0 Å². The Bertz CT molecular complexity index is 897. The Morgan fingerprint density at radius 2 is 1.87 bits per heavy atom. The summed E-state index contributed by atoms with van der Waals surface area (Å²) in [7, 11) is 0. The van der Waals surface area contributed by atoms with Crippen LogP contribution >= 0.6 is 23.2 Å². The quantitative estimate of drug-likeness (QED) is 0.716. The van der Waals surface area contributed by atoms with Crippen molar-refractivity contribution in [3.8, 4) is 0 Å². The lowest BCUT2D eigenvalue weighted by Crippen LogP contribution is -2.49. The molecule has 1 fully saturated rings. The first-order valence-corrected chi connectivity index (χ1v) is 10.9. The Morgan fingerprint density at radius 1 is 1.13 bits per heavy atom. The smallest absolute Gasteiger partial charge is 0.255 e. The second-order valence-electron chi connectivity index (χ2n) is 7.47. The van der Waals surface area contributed by atoms with E-state index in [1.165, 1.54) is 0 Å². The number of pyridine rings is 1. The number of amides is 2. The lowest BCUT2D eigenvalue weighted by atomic mass is 10.1. The minimum atomic E-state index is -0.106. The first kappa shape index (κ1) is 22.4. The molecule has 2 amide bonds. The lowest BCUT2D eigenvalue weighted by Gasteiger charge is -2.35. The fourth-order valence-electron chi connectivity index (χ4n) is 3.49. The van der Waals surface area contributed by atoms with Gasteiger partial charge in [-0.25, -0.2) is 4.98 Å². The van der Waals surface area contributed by atoms with E-state index in [1.54, 1.807) is 35.4 Å². The van der Waals surface area contributed by atoms with Crippen molar-refractivity contribution in [2.45, 2.75) is 32.7 Å². The predicted octanol–water partition coefficient (Wildman–Crippen LogP) is 4.27. The van der Waals surface area contributed by atoms with Gasteiger partial charge in [0.2, 0.25) is 0 Å². The molecule has 0 bridgehead atoms. The molecule has 0 radical (unpaired) electrons. The third-order valence-corrected chi connectivity index (χ3v) is 5.71. The second kappa shape index (κ2) is 10.1. The largest absolute Gasteiger partial charge is 0.353 e. The van der Waals surface area contributed by atoms with E-state index < -0.39 is 0 Å². The van der Waals surface area contributed by atoms with Crippen LogP contribution in [0, 0.1) is 0 Å². The molecule has 1 aliphatic heterocycles. The van der Waals surface area contributed by atoms with E-state index in [4.69, 9.17) is 23.2 Å². The number of aromatic nitrogens is 1. The minimum Gasteiger partial charge on any atom is -0.353 e. The average molecular weight is 449 g/mol. The molecule has 0 spiro atoms. The van der Waals surface area contributed by atoms with Gasteiger partial charge in [-0.15, -0.1) is 0 Å². The van der Waals surface area contributed by atoms with Crippen molar-refractivity contribution in [3.05, 3.63) is 57.7 Å². The van der Waals surface area contributed by atoms with Crippen LogP contribution < -0.4 is 10.2 Å². The molecule has 0 aliphatic carbocycles. The molecular formula is C22H26Cl2N4O2. The SMILES string of the molecule is CCCC(C)NC(=O)c1ccc(N2CCN(C(=O)c3ccc(Cl)cc3Cl)CC2)nc1. The fraction of sp³-hybridized carbons (Fsp3) is 0.409. The van der Waals surface area contributed by atoms with Crippen LogP contribution in [0.5, 0.6) is 0 Å². The van der Waals surface area contributed by atoms with E-state index >= 15 is 0 Å². The first-order chi connectivity index (χ1) is 14.4. The number of piperazine rings is 1. The van der Waals surface area contributed by atoms with Crippen molar-refractivity contribution in [2.24, 2.45) is 0 Å². The summed E-state index contributed by atoms with van der Waals surface area (Å²) < 4.78 is 0. The summed E-state index contributed by atoms with van der Waals surface area (Å²) in [6.45, 7) is 6.54. The number of nitrogens with zero attached hydrogens (tertiary/aromatic N) is 3. The maximum Gasteiger partial charge on any atom is 0.255 e. The van der Waals surface area contributed by atoms with Crippen LogP contribution in [0.15, 0.2) is 36.5 Å². The molecular weight excluding hydrogens is 423 g/mol. The van der Waals surface area contributed by atoms with E-state index in [2.05, 4.69) is 22.1 Å². The second-order valence-corrected chi connectivity index (χ2v) is 8.32. The topological polar surface area (TPSA) is 65.5 Å². The highest BCUT2D eigenvalue weighted by Crippen LogP contribution is 2.23. The molecule has 2 aromatic rings. The zero-order valence-electron chi connectivity index (χ0n) is 17.2. The zero-order chi connectivity index (χ0) is 21.7. The summed E-state index contributed by atoms with van der Waals surface area (Å²) in [5.41, 5.74) is 1.01. The highest BCUT2D eigenvalue weighted by Gasteiger charge is 2.24. The molecule has 6 nitrogen and oxygen atoms in total. The molecule has 1 saturated heterocycles. The molecule has 0 saturated carbocycles. The molecule has 3 rings (SSSR count). The van der Waals surface area contributed by atoms with Crippen LogP contribution in [0.3, 0.4) is 0 Å². The number of benzene rings is 1. The van der Waals surface area contributed by atoms with E-state index in [0.29, 0.717) is 47.4 Å². The van der Waals surface area contributed by atoms with Gasteiger partial charge in [0.25, 0.3) is 11.8 Å². The minimum absolute atomic E-state index is 0.0995. The Balaban J connectivity index is 1.57. The van der Waals surface area contributed by atoms with Gasteiger partial charge < -0.3 is 15.1 Å². The van der Waals surface area contributed by atoms with Crippen LogP contribution in [-0.4, -0.2) is 53.9 Å². The number of rotatable bonds is 6. The van der Waals surface area contributed by atoms with Gasteiger partial charge in [0.15, 0.2) is 0 Å². The van der Waals surface area contributed by atoms with Crippen molar-refractivity contribution < 1.29 is 9.59 Å². The average Bonchev–Trinajstić information content (AvgIpc) is 2.74. The predicted molar refractivity (Wildman–Crippen MR) is 121 cm³/mol. The molecule has 30 heavy (non-hydrogen) atoms. The van der Waals surface area contributed by atoms with Gasteiger partial charge in [-0.1, -0.05) is 36.5 Å².